The number of hydrogen-bond acceptors (Lipinski definition) is 5. The molecule has 0 aliphatic heterocycles. The number of pyridine rings is 1. The topological polar surface area (TPSA) is 91.1 Å². The van der Waals surface area contributed by atoms with Gasteiger partial charge in [-0.2, -0.15) is 5.10 Å². The van der Waals surface area contributed by atoms with E-state index in [9.17, 15) is 15.0 Å². The van der Waals surface area contributed by atoms with E-state index in [4.69, 9.17) is 5.10 Å². The van der Waals surface area contributed by atoms with Gasteiger partial charge in [-0.15, -0.1) is 0 Å². The van der Waals surface area contributed by atoms with Crippen LogP contribution in [0.3, 0.4) is 0 Å². The molecule has 0 bridgehead atoms. The Morgan fingerprint density at radius 1 is 1.10 bits per heavy atom. The first-order valence-corrected chi connectivity index (χ1v) is 10.3. The zero-order valence-corrected chi connectivity index (χ0v) is 18.6. The van der Waals surface area contributed by atoms with Crippen LogP contribution in [0.2, 0.25) is 0 Å². The van der Waals surface area contributed by atoms with Gasteiger partial charge in [-0.3, -0.25) is 0 Å². The fourth-order valence-electron chi connectivity index (χ4n) is 3.67. The summed E-state index contributed by atoms with van der Waals surface area (Å²) in [5.41, 5.74) is 3.66. The van der Waals surface area contributed by atoms with E-state index in [0.29, 0.717) is 24.4 Å². The first kappa shape index (κ1) is 21.8. The van der Waals surface area contributed by atoms with E-state index in [1.807, 2.05) is 24.3 Å². The number of hydrogen-bond donors (Lipinski definition) is 1. The molecule has 0 spiro atoms. The van der Waals surface area contributed by atoms with Gasteiger partial charge in [0.15, 0.2) is 5.65 Å². The van der Waals surface area contributed by atoms with Crippen molar-refractivity contribution in [3.05, 3.63) is 41.6 Å². The summed E-state index contributed by atoms with van der Waals surface area (Å²) in [5.74, 6) is -0.739. The quantitative estimate of drug-likeness (QED) is 0.691. The molecule has 0 saturated heterocycles. The number of carbonyl (C=O) groups is 1. The van der Waals surface area contributed by atoms with Crippen molar-refractivity contribution in [3.63, 3.8) is 0 Å². The number of carboxylic acids is 1. The van der Waals surface area contributed by atoms with Crippen molar-refractivity contribution < 1.29 is 15.0 Å². The maximum Gasteiger partial charge on any atom is 0.158 e. The second-order valence-corrected chi connectivity index (χ2v) is 9.84. The monoisotopic (exact) mass is 408 g/mol. The van der Waals surface area contributed by atoms with Crippen molar-refractivity contribution in [3.8, 4) is 17.0 Å². The molecule has 0 aliphatic carbocycles. The highest BCUT2D eigenvalue weighted by atomic mass is 16.4. The van der Waals surface area contributed by atoms with Gasteiger partial charge >= 0.3 is 0 Å². The molecular weight excluding hydrogens is 378 g/mol. The standard InChI is InChI=1S/C24H31N3O3/c1-23(2,3)17-13-15(14-18(21(17)30)24(4,5)6)20-16-9-7-11-25-22(16)27(26-20)12-8-10-19(28)29/h7,9,11,13-14,30H,8,10,12H2,1-6H3,(H,28,29)/p-1. The second kappa shape index (κ2) is 7.74. The molecule has 2 aromatic heterocycles. The number of phenolic OH excluding ortho intramolecular Hbond substituents is 1. The summed E-state index contributed by atoms with van der Waals surface area (Å²) in [7, 11) is 0. The zero-order chi connectivity index (χ0) is 22.3. The first-order valence-electron chi connectivity index (χ1n) is 10.3. The molecule has 6 nitrogen and oxygen atoms in total. The fraction of sp³-hybridized carbons (Fsp3) is 0.458. The van der Waals surface area contributed by atoms with Crippen LogP contribution in [0.5, 0.6) is 5.75 Å². The maximum atomic E-state index is 11.0. The second-order valence-electron chi connectivity index (χ2n) is 9.84. The zero-order valence-electron chi connectivity index (χ0n) is 18.6. The number of aromatic hydroxyl groups is 1. The molecule has 0 atom stereocenters. The highest BCUT2D eigenvalue weighted by Gasteiger charge is 2.28. The molecule has 0 amide bonds. The van der Waals surface area contributed by atoms with Gasteiger partial charge in [0.2, 0.25) is 0 Å². The predicted octanol–water partition coefficient (Wildman–Crippen LogP) is 3.93. The summed E-state index contributed by atoms with van der Waals surface area (Å²) >= 11 is 0. The van der Waals surface area contributed by atoms with Crippen LogP contribution in [-0.2, 0) is 22.2 Å². The largest absolute Gasteiger partial charge is 0.550 e. The summed E-state index contributed by atoms with van der Waals surface area (Å²) in [4.78, 5) is 15.3. The molecule has 30 heavy (non-hydrogen) atoms. The van der Waals surface area contributed by atoms with Crippen LogP contribution in [-0.4, -0.2) is 25.8 Å². The number of aryl methyl sites for hydroxylation is 1. The summed E-state index contributed by atoms with van der Waals surface area (Å²) in [5, 5.41) is 27.5. The molecule has 1 N–H and O–H groups in total. The van der Waals surface area contributed by atoms with Crippen molar-refractivity contribution in [2.75, 3.05) is 0 Å². The summed E-state index contributed by atoms with van der Waals surface area (Å²) in [6.45, 7) is 12.9. The van der Waals surface area contributed by atoms with Crippen LogP contribution in [0.1, 0.15) is 65.5 Å². The van der Waals surface area contributed by atoms with E-state index in [1.54, 1.807) is 10.9 Å². The summed E-state index contributed by atoms with van der Waals surface area (Å²) in [6.07, 6.45) is 2.11. The Balaban J connectivity index is 2.21. The van der Waals surface area contributed by atoms with Crippen molar-refractivity contribution in [1.29, 1.82) is 0 Å². The Labute approximate surface area is 177 Å². The van der Waals surface area contributed by atoms with E-state index in [-0.39, 0.29) is 17.3 Å². The van der Waals surface area contributed by atoms with Crippen molar-refractivity contribution in [1.82, 2.24) is 14.8 Å². The number of benzene rings is 1. The molecule has 0 fully saturated rings. The number of aromatic nitrogens is 3. The Morgan fingerprint density at radius 3 is 2.23 bits per heavy atom. The van der Waals surface area contributed by atoms with E-state index < -0.39 is 5.97 Å². The van der Waals surface area contributed by atoms with Crippen LogP contribution in [0.4, 0.5) is 0 Å². The van der Waals surface area contributed by atoms with Crippen LogP contribution in [0.25, 0.3) is 22.3 Å². The third-order valence-corrected chi connectivity index (χ3v) is 5.26. The average Bonchev–Trinajstić information content (AvgIpc) is 2.99. The molecule has 6 heteroatoms. The van der Waals surface area contributed by atoms with Gasteiger partial charge in [0.05, 0.1) is 0 Å². The Kier molecular flexibility index (Phi) is 5.63. The number of aliphatic carboxylic acids is 1. The minimum absolute atomic E-state index is 0.0227. The van der Waals surface area contributed by atoms with Gasteiger partial charge in [-0.25, -0.2) is 9.67 Å². The van der Waals surface area contributed by atoms with Crippen LogP contribution >= 0.6 is 0 Å². The summed E-state index contributed by atoms with van der Waals surface area (Å²) in [6, 6.07) is 7.85. The molecule has 160 valence electrons. The molecule has 3 aromatic rings. The maximum absolute atomic E-state index is 11.0. The highest BCUT2D eigenvalue weighted by molar-refractivity contribution is 5.91. The van der Waals surface area contributed by atoms with E-state index in [0.717, 1.165) is 27.8 Å². The van der Waals surface area contributed by atoms with Crippen molar-refractivity contribution in [2.45, 2.75) is 71.8 Å². The van der Waals surface area contributed by atoms with Gasteiger partial charge < -0.3 is 15.0 Å². The van der Waals surface area contributed by atoms with Gasteiger partial charge in [0, 0.05) is 40.8 Å². The third-order valence-electron chi connectivity index (χ3n) is 5.26. The Bertz CT molecular complexity index is 1050. The molecule has 2 heterocycles. The smallest absolute Gasteiger partial charge is 0.158 e. The molecule has 0 aliphatic rings. The summed E-state index contributed by atoms with van der Waals surface area (Å²) < 4.78 is 1.76. The van der Waals surface area contributed by atoms with Crippen LogP contribution in [0.15, 0.2) is 30.5 Å². The number of carboxylic acid groups (broad SMARTS) is 1. The molecule has 0 radical (unpaired) electrons. The highest BCUT2D eigenvalue weighted by Crippen LogP contribution is 2.42. The SMILES string of the molecule is CC(C)(C)c1cc(-c2nn(CCCC(=O)[O-])c3ncccc23)cc(C(C)(C)C)c1O. The minimum atomic E-state index is -1.07. The lowest BCUT2D eigenvalue weighted by Gasteiger charge is -2.28. The molecule has 1 aromatic carbocycles. The average molecular weight is 409 g/mol. The van der Waals surface area contributed by atoms with Crippen molar-refractivity contribution >= 4 is 17.0 Å². The first-order chi connectivity index (χ1) is 13.9. The van der Waals surface area contributed by atoms with Gasteiger partial charge in [-0.05, 0) is 47.9 Å². The Morgan fingerprint density at radius 2 is 1.70 bits per heavy atom. The number of nitrogens with zero attached hydrogens (tertiary/aromatic N) is 3. The Hall–Kier alpha value is -2.89. The van der Waals surface area contributed by atoms with Crippen molar-refractivity contribution in [2.24, 2.45) is 0 Å². The normalized spacial score (nSPS) is 12.5. The van der Waals surface area contributed by atoms with E-state index in [2.05, 4.69) is 46.5 Å². The van der Waals surface area contributed by atoms with E-state index in [1.165, 1.54) is 0 Å². The van der Waals surface area contributed by atoms with Crippen LogP contribution < -0.4 is 5.11 Å². The van der Waals surface area contributed by atoms with Crippen LogP contribution in [0, 0.1) is 0 Å². The third kappa shape index (κ3) is 4.32. The predicted molar refractivity (Wildman–Crippen MR) is 116 cm³/mol. The van der Waals surface area contributed by atoms with E-state index >= 15 is 0 Å². The lowest BCUT2D eigenvalue weighted by Crippen LogP contribution is -2.22. The van der Waals surface area contributed by atoms with Gasteiger partial charge in [-0.1, -0.05) is 41.5 Å². The number of rotatable bonds is 5. The molecular formula is C24H30N3O3-. The lowest BCUT2D eigenvalue weighted by molar-refractivity contribution is -0.305. The lowest BCUT2D eigenvalue weighted by atomic mass is 9.78. The fourth-order valence-corrected chi connectivity index (χ4v) is 3.67. The van der Waals surface area contributed by atoms with Gasteiger partial charge in [0.1, 0.15) is 11.4 Å². The molecule has 0 saturated carbocycles. The minimum Gasteiger partial charge on any atom is -0.550 e. The van der Waals surface area contributed by atoms with Gasteiger partial charge in [0.25, 0.3) is 0 Å². The molecule has 3 rings (SSSR count). The number of carbonyl (C=O) groups excluding carboxylic acids is 1. The number of phenols is 1. The number of fused-ring (bicyclic) bond motifs is 1. The molecule has 0 unspecified atom stereocenters.